The molecule has 18 heavy (non-hydrogen) atoms. The minimum Gasteiger partial charge on any atom is -0.392 e. The summed E-state index contributed by atoms with van der Waals surface area (Å²) in [6.45, 7) is 3.20. The van der Waals surface area contributed by atoms with Crippen LogP contribution in [0.1, 0.15) is 44.9 Å². The lowest BCUT2D eigenvalue weighted by Crippen LogP contribution is -2.47. The smallest absolute Gasteiger partial charge is 0.0669 e. The minimum atomic E-state index is -0.103. The molecule has 2 fully saturated rings. The van der Waals surface area contributed by atoms with E-state index in [-0.39, 0.29) is 6.10 Å². The molecular weight excluding hydrogens is 224 g/mol. The molecule has 0 aromatic rings. The van der Waals surface area contributed by atoms with Gasteiger partial charge in [0.25, 0.3) is 0 Å². The fourth-order valence-corrected chi connectivity index (χ4v) is 3.62. The second kappa shape index (κ2) is 6.88. The van der Waals surface area contributed by atoms with E-state index >= 15 is 0 Å². The van der Waals surface area contributed by atoms with Crippen LogP contribution in [0.2, 0.25) is 0 Å². The summed E-state index contributed by atoms with van der Waals surface area (Å²) in [5.74, 6) is 0.800. The summed E-state index contributed by atoms with van der Waals surface area (Å²) in [4.78, 5) is 4.79. The van der Waals surface area contributed by atoms with Gasteiger partial charge in [0.15, 0.2) is 0 Å². The van der Waals surface area contributed by atoms with Gasteiger partial charge >= 0.3 is 0 Å². The molecule has 1 heterocycles. The summed E-state index contributed by atoms with van der Waals surface area (Å²) in [5, 5.41) is 10.2. The number of aliphatic hydroxyl groups excluding tert-OH is 1. The topological polar surface area (TPSA) is 26.7 Å². The molecule has 0 spiro atoms. The highest BCUT2D eigenvalue weighted by molar-refractivity contribution is 4.80. The second-order valence-electron chi connectivity index (χ2n) is 6.56. The highest BCUT2D eigenvalue weighted by Crippen LogP contribution is 2.28. The number of likely N-dealkylation sites (N-methyl/N-ethyl adjacent to an activating group) is 1. The molecular formula is C15H30N2O. The number of hydrogen-bond donors (Lipinski definition) is 1. The standard InChI is InChI=1S/C15H30N2O/c1-16(2)14-8-5-9-17(11-14)12-15(18)10-13-6-3-4-7-13/h13-15,18H,3-12H2,1-2H3. The Morgan fingerprint density at radius 1 is 1.17 bits per heavy atom. The Morgan fingerprint density at radius 2 is 1.89 bits per heavy atom. The molecule has 0 aromatic heterocycles. The maximum Gasteiger partial charge on any atom is 0.0669 e. The summed E-state index contributed by atoms with van der Waals surface area (Å²) >= 11 is 0. The molecule has 2 unspecified atom stereocenters. The number of rotatable bonds is 5. The zero-order valence-corrected chi connectivity index (χ0v) is 12.1. The Hall–Kier alpha value is -0.120. The van der Waals surface area contributed by atoms with Crippen LogP contribution in [-0.4, -0.2) is 60.8 Å². The normalized spacial score (nSPS) is 29.0. The van der Waals surface area contributed by atoms with E-state index in [0.717, 1.165) is 25.4 Å². The predicted molar refractivity (Wildman–Crippen MR) is 75.7 cm³/mol. The van der Waals surface area contributed by atoms with E-state index in [1.807, 2.05) is 0 Å². The summed E-state index contributed by atoms with van der Waals surface area (Å²) in [7, 11) is 4.34. The van der Waals surface area contributed by atoms with Gasteiger partial charge in [0.05, 0.1) is 6.10 Å². The monoisotopic (exact) mass is 254 g/mol. The van der Waals surface area contributed by atoms with Crippen molar-refractivity contribution in [1.82, 2.24) is 9.80 Å². The summed E-state index contributed by atoms with van der Waals surface area (Å²) < 4.78 is 0. The molecule has 2 aliphatic rings. The fourth-order valence-electron chi connectivity index (χ4n) is 3.62. The first-order chi connectivity index (χ1) is 8.65. The predicted octanol–water partition coefficient (Wildman–Crippen LogP) is 1.95. The number of nitrogens with zero attached hydrogens (tertiary/aromatic N) is 2. The van der Waals surface area contributed by atoms with Crippen LogP contribution in [0, 0.1) is 5.92 Å². The van der Waals surface area contributed by atoms with Crippen molar-refractivity contribution in [3.63, 3.8) is 0 Å². The van der Waals surface area contributed by atoms with Gasteiger partial charge < -0.3 is 10.0 Å². The Labute approximate surface area is 112 Å². The van der Waals surface area contributed by atoms with Gasteiger partial charge in [-0.05, 0) is 45.8 Å². The number of hydrogen-bond acceptors (Lipinski definition) is 3. The average Bonchev–Trinajstić information content (AvgIpc) is 2.82. The molecule has 1 N–H and O–H groups in total. The van der Waals surface area contributed by atoms with Crippen LogP contribution in [-0.2, 0) is 0 Å². The maximum absolute atomic E-state index is 10.2. The van der Waals surface area contributed by atoms with Gasteiger partial charge in [-0.3, -0.25) is 4.90 Å². The molecule has 2 rings (SSSR count). The fraction of sp³-hybridized carbons (Fsp3) is 1.00. The molecule has 1 aliphatic carbocycles. The van der Waals surface area contributed by atoms with Crippen molar-refractivity contribution in [2.24, 2.45) is 5.92 Å². The first kappa shape index (κ1) is 14.3. The first-order valence-electron chi connectivity index (χ1n) is 7.72. The van der Waals surface area contributed by atoms with E-state index in [9.17, 15) is 5.11 Å². The van der Waals surface area contributed by atoms with Crippen molar-refractivity contribution in [1.29, 1.82) is 0 Å². The van der Waals surface area contributed by atoms with E-state index in [1.165, 1.54) is 45.1 Å². The SMILES string of the molecule is CN(C)C1CCCN(CC(O)CC2CCCC2)C1. The molecule has 0 amide bonds. The summed E-state index contributed by atoms with van der Waals surface area (Å²) in [6, 6.07) is 0.678. The Kier molecular flexibility index (Phi) is 5.46. The van der Waals surface area contributed by atoms with E-state index in [2.05, 4.69) is 23.9 Å². The number of likely N-dealkylation sites (tertiary alicyclic amines) is 1. The van der Waals surface area contributed by atoms with Gasteiger partial charge in [-0.25, -0.2) is 0 Å². The molecule has 1 aliphatic heterocycles. The van der Waals surface area contributed by atoms with Crippen LogP contribution in [0.4, 0.5) is 0 Å². The Balaban J connectivity index is 1.70. The lowest BCUT2D eigenvalue weighted by atomic mass is 9.98. The Morgan fingerprint density at radius 3 is 2.56 bits per heavy atom. The van der Waals surface area contributed by atoms with Crippen molar-refractivity contribution in [3.05, 3.63) is 0 Å². The molecule has 0 bridgehead atoms. The van der Waals surface area contributed by atoms with Crippen LogP contribution in [0.15, 0.2) is 0 Å². The third kappa shape index (κ3) is 4.22. The minimum absolute atomic E-state index is 0.103. The molecule has 3 heteroatoms. The number of aliphatic hydroxyl groups is 1. The zero-order valence-electron chi connectivity index (χ0n) is 12.1. The summed E-state index contributed by atoms with van der Waals surface area (Å²) in [5.41, 5.74) is 0. The third-order valence-electron chi connectivity index (χ3n) is 4.76. The van der Waals surface area contributed by atoms with E-state index in [1.54, 1.807) is 0 Å². The van der Waals surface area contributed by atoms with Crippen LogP contribution in [0.3, 0.4) is 0 Å². The molecule has 1 saturated heterocycles. The van der Waals surface area contributed by atoms with Crippen LogP contribution >= 0.6 is 0 Å². The third-order valence-corrected chi connectivity index (χ3v) is 4.76. The van der Waals surface area contributed by atoms with Gasteiger partial charge in [0.1, 0.15) is 0 Å². The quantitative estimate of drug-likeness (QED) is 0.812. The molecule has 0 radical (unpaired) electrons. The van der Waals surface area contributed by atoms with E-state index in [4.69, 9.17) is 0 Å². The van der Waals surface area contributed by atoms with Crippen LogP contribution in [0.5, 0.6) is 0 Å². The van der Waals surface area contributed by atoms with Crippen LogP contribution in [0.25, 0.3) is 0 Å². The number of piperidine rings is 1. The lowest BCUT2D eigenvalue weighted by Gasteiger charge is -2.37. The highest BCUT2D eigenvalue weighted by Gasteiger charge is 2.24. The largest absolute Gasteiger partial charge is 0.392 e. The first-order valence-corrected chi connectivity index (χ1v) is 7.72. The molecule has 106 valence electrons. The zero-order chi connectivity index (χ0) is 13.0. The molecule has 1 saturated carbocycles. The molecule has 3 nitrogen and oxygen atoms in total. The van der Waals surface area contributed by atoms with Gasteiger partial charge in [-0.1, -0.05) is 25.7 Å². The highest BCUT2D eigenvalue weighted by atomic mass is 16.3. The maximum atomic E-state index is 10.2. The molecule has 2 atom stereocenters. The van der Waals surface area contributed by atoms with Crippen molar-refractivity contribution in [2.45, 2.75) is 57.1 Å². The van der Waals surface area contributed by atoms with Gasteiger partial charge in [-0.15, -0.1) is 0 Å². The summed E-state index contributed by atoms with van der Waals surface area (Å²) in [6.07, 6.45) is 8.96. The van der Waals surface area contributed by atoms with Crippen molar-refractivity contribution >= 4 is 0 Å². The molecule has 0 aromatic carbocycles. The average molecular weight is 254 g/mol. The van der Waals surface area contributed by atoms with Crippen molar-refractivity contribution in [3.8, 4) is 0 Å². The van der Waals surface area contributed by atoms with E-state index < -0.39 is 0 Å². The Bertz CT molecular complexity index is 239. The van der Waals surface area contributed by atoms with E-state index in [0.29, 0.717) is 6.04 Å². The van der Waals surface area contributed by atoms with Crippen molar-refractivity contribution < 1.29 is 5.11 Å². The second-order valence-corrected chi connectivity index (χ2v) is 6.56. The van der Waals surface area contributed by atoms with Crippen molar-refractivity contribution in [2.75, 3.05) is 33.7 Å². The number of β-amino-alcohol motifs (C(OH)–C–C–N with tert-alkyl or cyclic N) is 1. The van der Waals surface area contributed by atoms with Crippen LogP contribution < -0.4 is 0 Å². The van der Waals surface area contributed by atoms with Gasteiger partial charge in [0, 0.05) is 19.1 Å². The van der Waals surface area contributed by atoms with Gasteiger partial charge in [0.2, 0.25) is 0 Å². The lowest BCUT2D eigenvalue weighted by molar-refractivity contribution is 0.0600. The van der Waals surface area contributed by atoms with Gasteiger partial charge in [-0.2, -0.15) is 0 Å².